The first-order valence-corrected chi connectivity index (χ1v) is 8.61. The van der Waals surface area contributed by atoms with Crippen molar-refractivity contribution in [1.82, 2.24) is 5.32 Å². The fraction of sp³-hybridized carbons (Fsp3) is 0.300. The molecule has 2 aromatic carbocycles. The Morgan fingerprint density at radius 1 is 0.960 bits per heavy atom. The highest BCUT2D eigenvalue weighted by atomic mass is 35.5. The molecule has 0 bridgehead atoms. The van der Waals surface area contributed by atoms with Crippen LogP contribution in [-0.2, 0) is 4.79 Å². The number of benzene rings is 2. The van der Waals surface area contributed by atoms with Gasteiger partial charge in [-0.25, -0.2) is 0 Å². The van der Waals surface area contributed by atoms with E-state index in [0.29, 0.717) is 10.6 Å². The van der Waals surface area contributed by atoms with Crippen LogP contribution in [0.5, 0.6) is 0 Å². The van der Waals surface area contributed by atoms with Gasteiger partial charge in [0.2, 0.25) is 5.91 Å². The van der Waals surface area contributed by atoms with Crippen LogP contribution in [0.1, 0.15) is 35.3 Å². The van der Waals surface area contributed by atoms with Crippen LogP contribution in [0.3, 0.4) is 0 Å². The second-order valence-electron chi connectivity index (χ2n) is 6.43. The van der Waals surface area contributed by atoms with Crippen molar-refractivity contribution >= 4 is 29.1 Å². The second kappa shape index (κ2) is 8.17. The molecule has 2 rings (SSSR count). The Morgan fingerprint density at radius 3 is 2.12 bits per heavy atom. The van der Waals surface area contributed by atoms with Crippen LogP contribution in [-0.4, -0.2) is 17.9 Å². The lowest BCUT2D eigenvalue weighted by atomic mass is 10.0. The van der Waals surface area contributed by atoms with Gasteiger partial charge < -0.3 is 10.6 Å². The highest BCUT2D eigenvalue weighted by molar-refractivity contribution is 6.33. The largest absolute Gasteiger partial charge is 0.340 e. The number of nitrogens with one attached hydrogen (secondary N) is 2. The van der Waals surface area contributed by atoms with Gasteiger partial charge in [0.1, 0.15) is 6.04 Å². The number of rotatable bonds is 5. The van der Waals surface area contributed by atoms with Crippen LogP contribution in [0, 0.1) is 19.8 Å². The Bertz CT molecular complexity index is 767. The molecule has 0 saturated carbocycles. The first kappa shape index (κ1) is 19.0. The Hall–Kier alpha value is -2.33. The Labute approximate surface area is 153 Å². The first-order chi connectivity index (χ1) is 11.8. The fourth-order valence-electron chi connectivity index (χ4n) is 2.61. The van der Waals surface area contributed by atoms with Gasteiger partial charge in [0, 0.05) is 5.69 Å². The van der Waals surface area contributed by atoms with Gasteiger partial charge in [-0.3, -0.25) is 9.59 Å². The van der Waals surface area contributed by atoms with Crippen molar-refractivity contribution in [2.45, 2.75) is 33.7 Å². The molecule has 5 heteroatoms. The average Bonchev–Trinajstić information content (AvgIpc) is 2.56. The Morgan fingerprint density at radius 2 is 1.56 bits per heavy atom. The predicted molar refractivity (Wildman–Crippen MR) is 102 cm³/mol. The third-order valence-corrected chi connectivity index (χ3v) is 4.41. The summed E-state index contributed by atoms with van der Waals surface area (Å²) in [6.45, 7) is 7.66. The smallest absolute Gasteiger partial charge is 0.253 e. The van der Waals surface area contributed by atoms with Crippen LogP contribution in [0.25, 0.3) is 0 Å². The summed E-state index contributed by atoms with van der Waals surface area (Å²) in [5.41, 5.74) is 3.10. The van der Waals surface area contributed by atoms with Gasteiger partial charge in [-0.2, -0.15) is 0 Å². The van der Waals surface area contributed by atoms with E-state index in [0.717, 1.165) is 16.8 Å². The summed E-state index contributed by atoms with van der Waals surface area (Å²) in [6.07, 6.45) is 0. The zero-order chi connectivity index (χ0) is 18.6. The number of para-hydroxylation sites is 1. The molecule has 132 valence electrons. The molecule has 25 heavy (non-hydrogen) atoms. The quantitative estimate of drug-likeness (QED) is 0.834. The van der Waals surface area contributed by atoms with E-state index >= 15 is 0 Å². The van der Waals surface area contributed by atoms with Crippen molar-refractivity contribution in [2.24, 2.45) is 5.92 Å². The van der Waals surface area contributed by atoms with Crippen molar-refractivity contribution in [3.05, 3.63) is 64.2 Å². The third-order valence-electron chi connectivity index (χ3n) is 4.08. The molecular formula is C20H23ClN2O2. The maximum absolute atomic E-state index is 12.8. The minimum atomic E-state index is -0.664. The van der Waals surface area contributed by atoms with Gasteiger partial charge in [0.05, 0.1) is 10.6 Å². The van der Waals surface area contributed by atoms with E-state index in [1.807, 2.05) is 45.9 Å². The summed E-state index contributed by atoms with van der Waals surface area (Å²) < 4.78 is 0. The lowest BCUT2D eigenvalue weighted by Crippen LogP contribution is -2.47. The number of aryl methyl sites for hydroxylation is 2. The number of halogens is 1. The van der Waals surface area contributed by atoms with Crippen LogP contribution in [0.15, 0.2) is 42.5 Å². The molecule has 0 saturated heterocycles. The molecule has 2 N–H and O–H groups in total. The van der Waals surface area contributed by atoms with Crippen LogP contribution in [0.4, 0.5) is 5.69 Å². The van der Waals surface area contributed by atoms with Gasteiger partial charge >= 0.3 is 0 Å². The molecule has 0 fully saturated rings. The van der Waals surface area contributed by atoms with E-state index < -0.39 is 6.04 Å². The van der Waals surface area contributed by atoms with Crippen LogP contribution < -0.4 is 10.6 Å². The molecule has 1 unspecified atom stereocenters. The predicted octanol–water partition coefficient (Wildman–Crippen LogP) is 4.35. The number of hydrogen-bond acceptors (Lipinski definition) is 2. The highest BCUT2D eigenvalue weighted by Crippen LogP contribution is 2.21. The summed E-state index contributed by atoms with van der Waals surface area (Å²) >= 11 is 6.07. The summed E-state index contributed by atoms with van der Waals surface area (Å²) in [6, 6.07) is 11.9. The summed E-state index contributed by atoms with van der Waals surface area (Å²) in [4.78, 5) is 25.2. The van der Waals surface area contributed by atoms with E-state index in [-0.39, 0.29) is 17.7 Å². The van der Waals surface area contributed by atoms with Crippen molar-refractivity contribution in [3.63, 3.8) is 0 Å². The lowest BCUT2D eigenvalue weighted by molar-refractivity contribution is -0.118. The fourth-order valence-corrected chi connectivity index (χ4v) is 2.83. The topological polar surface area (TPSA) is 58.2 Å². The van der Waals surface area contributed by atoms with Gasteiger partial charge in [0.25, 0.3) is 5.91 Å². The highest BCUT2D eigenvalue weighted by Gasteiger charge is 2.26. The molecule has 0 aromatic heterocycles. The number of hydrogen-bond donors (Lipinski definition) is 2. The molecule has 2 amide bonds. The molecule has 0 radical (unpaired) electrons. The molecular weight excluding hydrogens is 336 g/mol. The molecule has 0 aliphatic carbocycles. The second-order valence-corrected chi connectivity index (χ2v) is 6.84. The Balaban J connectivity index is 2.19. The lowest BCUT2D eigenvalue weighted by Gasteiger charge is -2.23. The van der Waals surface area contributed by atoms with Crippen LogP contribution in [0.2, 0.25) is 5.02 Å². The molecule has 1 atom stereocenters. The van der Waals surface area contributed by atoms with Gasteiger partial charge in [-0.1, -0.05) is 55.8 Å². The van der Waals surface area contributed by atoms with Crippen LogP contribution >= 0.6 is 11.6 Å². The minimum Gasteiger partial charge on any atom is -0.340 e. The number of carbonyl (C=O) groups excluding carboxylic acids is 2. The number of anilines is 1. The van der Waals surface area contributed by atoms with E-state index in [4.69, 9.17) is 11.6 Å². The zero-order valence-corrected chi connectivity index (χ0v) is 15.6. The maximum atomic E-state index is 12.8. The Kier molecular flexibility index (Phi) is 6.21. The summed E-state index contributed by atoms with van der Waals surface area (Å²) in [5.74, 6) is -0.676. The van der Waals surface area contributed by atoms with Crippen molar-refractivity contribution in [2.75, 3.05) is 5.32 Å². The molecule has 0 spiro atoms. The van der Waals surface area contributed by atoms with Gasteiger partial charge in [-0.15, -0.1) is 0 Å². The monoisotopic (exact) mass is 358 g/mol. The third kappa shape index (κ3) is 4.60. The van der Waals surface area contributed by atoms with Gasteiger partial charge in [0.15, 0.2) is 0 Å². The number of amides is 2. The van der Waals surface area contributed by atoms with Crippen molar-refractivity contribution in [1.29, 1.82) is 0 Å². The molecule has 2 aromatic rings. The van der Waals surface area contributed by atoms with Gasteiger partial charge in [-0.05, 0) is 43.0 Å². The zero-order valence-electron chi connectivity index (χ0n) is 14.9. The molecule has 0 heterocycles. The van der Waals surface area contributed by atoms with E-state index in [9.17, 15) is 9.59 Å². The van der Waals surface area contributed by atoms with Crippen molar-refractivity contribution < 1.29 is 9.59 Å². The summed E-state index contributed by atoms with van der Waals surface area (Å²) in [7, 11) is 0. The summed E-state index contributed by atoms with van der Waals surface area (Å²) in [5, 5.41) is 6.10. The number of carbonyl (C=O) groups is 2. The first-order valence-electron chi connectivity index (χ1n) is 8.23. The van der Waals surface area contributed by atoms with E-state index in [1.165, 1.54) is 0 Å². The van der Waals surface area contributed by atoms with E-state index in [1.54, 1.807) is 24.3 Å². The molecule has 4 nitrogen and oxygen atoms in total. The minimum absolute atomic E-state index is 0.0734. The van der Waals surface area contributed by atoms with E-state index in [2.05, 4.69) is 10.6 Å². The molecule has 0 aliphatic rings. The SMILES string of the molecule is Cc1cccc(C)c1NC(=O)C(NC(=O)c1ccccc1Cl)C(C)C. The standard InChI is InChI=1S/C20H23ClN2O2/c1-12(2)17(22-19(24)15-10-5-6-11-16(15)21)20(25)23-18-13(3)8-7-9-14(18)4/h5-12,17H,1-4H3,(H,22,24)(H,23,25). The normalized spacial score (nSPS) is 11.9. The molecule has 0 aliphatic heterocycles. The van der Waals surface area contributed by atoms with Crippen molar-refractivity contribution in [3.8, 4) is 0 Å². The average molecular weight is 359 g/mol. The maximum Gasteiger partial charge on any atom is 0.253 e.